The van der Waals surface area contributed by atoms with Gasteiger partial charge < -0.3 is 19.5 Å². The van der Waals surface area contributed by atoms with Gasteiger partial charge in [0.05, 0.1) is 18.7 Å². The SMILES string of the molecule is CCCN1C(=S)NC(c2cccc(OC)c2)C(c2nc(-c3ccc(SC)cc3)no2)=C1C. The Kier molecular flexibility index (Phi) is 6.81. The van der Waals surface area contributed by atoms with Crippen LogP contribution in [0.1, 0.15) is 37.8 Å². The van der Waals surface area contributed by atoms with E-state index >= 15 is 0 Å². The Balaban J connectivity index is 1.79. The number of nitrogens with zero attached hydrogens (tertiary/aromatic N) is 3. The lowest BCUT2D eigenvalue weighted by molar-refractivity contribution is 0.396. The summed E-state index contributed by atoms with van der Waals surface area (Å²) in [6.45, 7) is 5.00. The van der Waals surface area contributed by atoms with Gasteiger partial charge in [-0.25, -0.2) is 0 Å². The summed E-state index contributed by atoms with van der Waals surface area (Å²) in [7, 11) is 1.66. The first-order chi connectivity index (χ1) is 15.5. The van der Waals surface area contributed by atoms with E-state index in [1.165, 1.54) is 4.90 Å². The van der Waals surface area contributed by atoms with Gasteiger partial charge in [0.25, 0.3) is 5.89 Å². The lowest BCUT2D eigenvalue weighted by atomic mass is 9.94. The fraction of sp³-hybridized carbons (Fsp3) is 0.292. The molecular weight excluding hydrogens is 440 g/mol. The third-order valence-corrected chi connectivity index (χ3v) is 6.56. The number of aromatic nitrogens is 2. The topological polar surface area (TPSA) is 63.4 Å². The maximum absolute atomic E-state index is 5.79. The zero-order chi connectivity index (χ0) is 22.7. The maximum atomic E-state index is 5.79. The fourth-order valence-electron chi connectivity index (χ4n) is 3.81. The van der Waals surface area contributed by atoms with Crippen LogP contribution in [0.25, 0.3) is 17.0 Å². The van der Waals surface area contributed by atoms with Crippen LogP contribution >= 0.6 is 24.0 Å². The molecule has 1 aliphatic rings. The third-order valence-electron chi connectivity index (χ3n) is 5.48. The van der Waals surface area contributed by atoms with Crippen molar-refractivity contribution < 1.29 is 9.26 Å². The zero-order valence-corrected chi connectivity index (χ0v) is 20.2. The highest BCUT2D eigenvalue weighted by atomic mass is 32.2. The van der Waals surface area contributed by atoms with Crippen LogP contribution < -0.4 is 10.1 Å². The number of rotatable bonds is 7. The van der Waals surface area contributed by atoms with Crippen molar-refractivity contribution in [1.29, 1.82) is 0 Å². The van der Waals surface area contributed by atoms with Crippen molar-refractivity contribution in [2.45, 2.75) is 31.2 Å². The third kappa shape index (κ3) is 4.38. The minimum absolute atomic E-state index is 0.224. The van der Waals surface area contributed by atoms with Crippen LogP contribution in [0.2, 0.25) is 0 Å². The van der Waals surface area contributed by atoms with Gasteiger partial charge in [0.1, 0.15) is 5.75 Å². The smallest absolute Gasteiger partial charge is 0.258 e. The van der Waals surface area contributed by atoms with E-state index in [9.17, 15) is 0 Å². The second-order valence-electron chi connectivity index (χ2n) is 7.46. The summed E-state index contributed by atoms with van der Waals surface area (Å²) in [6, 6.07) is 15.9. The summed E-state index contributed by atoms with van der Waals surface area (Å²) in [5.74, 6) is 1.83. The molecule has 0 fully saturated rings. The second-order valence-corrected chi connectivity index (χ2v) is 8.73. The first-order valence-corrected chi connectivity index (χ1v) is 12.1. The van der Waals surface area contributed by atoms with Crippen molar-refractivity contribution in [2.75, 3.05) is 19.9 Å². The number of ether oxygens (including phenoxy) is 1. The largest absolute Gasteiger partial charge is 0.497 e. The van der Waals surface area contributed by atoms with Gasteiger partial charge in [-0.05, 0) is 73.8 Å². The molecule has 1 atom stereocenters. The van der Waals surface area contributed by atoms with E-state index in [0.717, 1.165) is 41.1 Å². The summed E-state index contributed by atoms with van der Waals surface area (Å²) in [6.07, 6.45) is 3.02. The van der Waals surface area contributed by atoms with E-state index in [4.69, 9.17) is 26.5 Å². The molecule has 0 radical (unpaired) electrons. The predicted molar refractivity (Wildman–Crippen MR) is 133 cm³/mol. The number of hydrogen-bond acceptors (Lipinski definition) is 6. The van der Waals surface area contributed by atoms with E-state index in [0.29, 0.717) is 16.8 Å². The van der Waals surface area contributed by atoms with Crippen molar-refractivity contribution >= 4 is 34.7 Å². The van der Waals surface area contributed by atoms with Gasteiger partial charge in [0.15, 0.2) is 5.11 Å². The number of methoxy groups -OCH3 is 1. The van der Waals surface area contributed by atoms with Crippen molar-refractivity contribution in [3.05, 3.63) is 65.7 Å². The summed E-state index contributed by atoms with van der Waals surface area (Å²) in [4.78, 5) is 8.05. The van der Waals surface area contributed by atoms with Crippen LogP contribution in [0.5, 0.6) is 5.75 Å². The molecule has 6 nitrogen and oxygen atoms in total. The maximum Gasteiger partial charge on any atom is 0.258 e. The summed E-state index contributed by atoms with van der Waals surface area (Å²) < 4.78 is 11.2. The Labute approximate surface area is 198 Å². The van der Waals surface area contributed by atoms with Gasteiger partial charge in [-0.3, -0.25) is 0 Å². The molecule has 0 saturated carbocycles. The van der Waals surface area contributed by atoms with E-state index in [-0.39, 0.29) is 6.04 Å². The Morgan fingerprint density at radius 2 is 2.00 bits per heavy atom. The van der Waals surface area contributed by atoms with Gasteiger partial charge in [0.2, 0.25) is 5.82 Å². The average Bonchev–Trinajstić information content (AvgIpc) is 3.31. The summed E-state index contributed by atoms with van der Waals surface area (Å²) in [5.41, 5.74) is 3.86. The van der Waals surface area contributed by atoms with E-state index in [1.807, 2.05) is 36.4 Å². The molecule has 0 spiro atoms. The van der Waals surface area contributed by atoms with Crippen molar-refractivity contribution in [3.63, 3.8) is 0 Å². The lowest BCUT2D eigenvalue weighted by Crippen LogP contribution is -2.46. The molecule has 2 aromatic carbocycles. The quantitative estimate of drug-likeness (QED) is 0.360. The molecule has 1 unspecified atom stereocenters. The van der Waals surface area contributed by atoms with Crippen molar-refractivity contribution in [3.8, 4) is 17.1 Å². The summed E-state index contributed by atoms with van der Waals surface area (Å²) in [5, 5.41) is 8.44. The Bertz CT molecular complexity index is 1140. The fourth-order valence-corrected chi connectivity index (χ4v) is 4.57. The molecule has 166 valence electrons. The minimum atomic E-state index is -0.224. The van der Waals surface area contributed by atoms with Crippen LogP contribution in [0.4, 0.5) is 0 Å². The molecule has 1 aliphatic heterocycles. The van der Waals surface area contributed by atoms with E-state index in [2.05, 4.69) is 47.6 Å². The van der Waals surface area contributed by atoms with Crippen LogP contribution in [-0.2, 0) is 0 Å². The summed E-state index contributed by atoms with van der Waals surface area (Å²) >= 11 is 7.40. The lowest BCUT2D eigenvalue weighted by Gasteiger charge is -2.37. The van der Waals surface area contributed by atoms with Crippen molar-refractivity contribution in [2.24, 2.45) is 0 Å². The monoisotopic (exact) mass is 466 g/mol. The van der Waals surface area contributed by atoms with E-state index < -0.39 is 0 Å². The van der Waals surface area contributed by atoms with Gasteiger partial charge in [-0.15, -0.1) is 11.8 Å². The standard InChI is InChI=1S/C24H26N4O2S2/c1-5-13-28-15(2)20(21(25-24(28)31)17-7-6-8-18(14-17)29-3)23-26-22(27-30-23)16-9-11-19(32-4)12-10-16/h6-12,14,21H,5,13H2,1-4H3,(H,25,31). The van der Waals surface area contributed by atoms with Gasteiger partial charge in [-0.2, -0.15) is 4.98 Å². The molecule has 0 aliphatic carbocycles. The highest BCUT2D eigenvalue weighted by Gasteiger charge is 2.34. The van der Waals surface area contributed by atoms with Gasteiger partial charge in [-0.1, -0.05) is 24.2 Å². The molecule has 1 N–H and O–H groups in total. The van der Waals surface area contributed by atoms with Crippen LogP contribution in [-0.4, -0.2) is 40.1 Å². The molecule has 0 amide bonds. The normalized spacial score (nSPS) is 16.3. The van der Waals surface area contributed by atoms with Crippen LogP contribution in [0.3, 0.4) is 0 Å². The predicted octanol–water partition coefficient (Wildman–Crippen LogP) is 5.54. The molecule has 4 rings (SSSR count). The number of allylic oxidation sites excluding steroid dienone is 1. The Hall–Kier alpha value is -2.84. The molecule has 0 bridgehead atoms. The van der Waals surface area contributed by atoms with Gasteiger partial charge in [0, 0.05) is 22.7 Å². The van der Waals surface area contributed by atoms with Crippen molar-refractivity contribution in [1.82, 2.24) is 20.4 Å². The number of thiocarbonyl (C=S) groups is 1. The molecule has 0 saturated heterocycles. The Morgan fingerprint density at radius 1 is 1.22 bits per heavy atom. The zero-order valence-electron chi connectivity index (χ0n) is 18.6. The number of hydrogen-bond donors (Lipinski definition) is 1. The number of benzene rings is 2. The first kappa shape index (κ1) is 22.4. The molecule has 32 heavy (non-hydrogen) atoms. The minimum Gasteiger partial charge on any atom is -0.497 e. The molecule has 8 heteroatoms. The number of thioether (sulfide) groups is 1. The first-order valence-electron chi connectivity index (χ1n) is 10.5. The second kappa shape index (κ2) is 9.75. The highest BCUT2D eigenvalue weighted by Crippen LogP contribution is 2.38. The van der Waals surface area contributed by atoms with Crippen LogP contribution in [0, 0.1) is 0 Å². The van der Waals surface area contributed by atoms with E-state index in [1.54, 1.807) is 18.9 Å². The average molecular weight is 467 g/mol. The molecule has 1 aromatic heterocycles. The van der Waals surface area contributed by atoms with Crippen LogP contribution in [0.15, 0.2) is 63.6 Å². The molecular formula is C24H26N4O2S2. The Morgan fingerprint density at radius 3 is 2.69 bits per heavy atom. The highest BCUT2D eigenvalue weighted by molar-refractivity contribution is 7.98. The van der Waals surface area contributed by atoms with Gasteiger partial charge >= 0.3 is 0 Å². The number of nitrogens with one attached hydrogen (secondary N) is 1. The molecule has 3 aromatic rings. The molecule has 2 heterocycles.